The van der Waals surface area contributed by atoms with E-state index >= 15 is 0 Å². The zero-order valence-electron chi connectivity index (χ0n) is 10.9. The average Bonchev–Trinajstić information content (AvgIpc) is 3.03. The van der Waals surface area contributed by atoms with Crippen LogP contribution in [0.25, 0.3) is 10.2 Å². The average molecular weight is 283 g/mol. The van der Waals surface area contributed by atoms with Crippen molar-refractivity contribution in [2.75, 3.05) is 0 Å². The van der Waals surface area contributed by atoms with Crippen LogP contribution in [0.2, 0.25) is 0 Å². The number of aryl methyl sites for hydroxylation is 2. The van der Waals surface area contributed by atoms with Crippen molar-refractivity contribution in [2.45, 2.75) is 25.8 Å². The molecule has 3 aromatic rings. The van der Waals surface area contributed by atoms with Crippen LogP contribution in [0.3, 0.4) is 0 Å². The Balaban J connectivity index is 1.85. The lowest BCUT2D eigenvalue weighted by molar-refractivity contribution is 0.747. The lowest BCUT2D eigenvalue weighted by Crippen LogP contribution is -2.21. The fourth-order valence-corrected chi connectivity index (χ4v) is 4.04. The van der Waals surface area contributed by atoms with Gasteiger partial charge in [0.25, 0.3) is 5.56 Å². The molecule has 0 saturated heterocycles. The molecule has 0 amide bonds. The quantitative estimate of drug-likeness (QED) is 0.725. The van der Waals surface area contributed by atoms with Gasteiger partial charge in [0.2, 0.25) is 0 Å². The molecule has 4 nitrogen and oxygen atoms in total. The molecule has 0 spiro atoms. The Morgan fingerprint density at radius 1 is 1.25 bits per heavy atom. The van der Waals surface area contributed by atoms with Crippen LogP contribution in [0.5, 0.6) is 0 Å². The number of nitrogens with zero attached hydrogens (tertiary/aromatic N) is 3. The molecular formula is C15H13N3OS. The normalized spacial score (nSPS) is 13.8. The summed E-state index contributed by atoms with van der Waals surface area (Å²) in [4.78, 5) is 23.4. The number of hydrogen-bond donors (Lipinski definition) is 0. The van der Waals surface area contributed by atoms with Gasteiger partial charge in [0.05, 0.1) is 18.3 Å². The molecule has 0 atom stereocenters. The number of rotatable bonds is 2. The van der Waals surface area contributed by atoms with Gasteiger partial charge >= 0.3 is 0 Å². The zero-order chi connectivity index (χ0) is 13.5. The maximum absolute atomic E-state index is 12.7. The Bertz CT molecular complexity index is 835. The Hall–Kier alpha value is -2.01. The summed E-state index contributed by atoms with van der Waals surface area (Å²) in [5, 5.41) is 0.846. The third-order valence-electron chi connectivity index (χ3n) is 3.79. The van der Waals surface area contributed by atoms with Crippen molar-refractivity contribution in [3.63, 3.8) is 0 Å². The van der Waals surface area contributed by atoms with E-state index in [-0.39, 0.29) is 5.56 Å². The van der Waals surface area contributed by atoms with Crippen molar-refractivity contribution < 1.29 is 0 Å². The highest BCUT2D eigenvalue weighted by molar-refractivity contribution is 7.18. The first-order chi connectivity index (χ1) is 9.83. The van der Waals surface area contributed by atoms with Gasteiger partial charge in [-0.1, -0.05) is 0 Å². The molecule has 0 bridgehead atoms. The van der Waals surface area contributed by atoms with Gasteiger partial charge in [0.1, 0.15) is 4.83 Å². The summed E-state index contributed by atoms with van der Waals surface area (Å²) < 4.78 is 1.70. The fraction of sp³-hybridized carbons (Fsp3) is 0.267. The van der Waals surface area contributed by atoms with E-state index in [2.05, 4.69) is 9.97 Å². The lowest BCUT2D eigenvalue weighted by Gasteiger charge is -2.05. The van der Waals surface area contributed by atoms with E-state index in [1.807, 2.05) is 12.1 Å². The molecule has 0 radical (unpaired) electrons. The number of thiophene rings is 1. The van der Waals surface area contributed by atoms with Crippen molar-refractivity contribution >= 4 is 21.6 Å². The van der Waals surface area contributed by atoms with Gasteiger partial charge in [0, 0.05) is 17.3 Å². The van der Waals surface area contributed by atoms with E-state index in [0.717, 1.165) is 35.0 Å². The van der Waals surface area contributed by atoms with E-state index in [1.165, 1.54) is 10.4 Å². The predicted octanol–water partition coefficient (Wildman–Crippen LogP) is 2.39. The molecule has 0 N–H and O–H groups in total. The molecule has 4 rings (SSSR count). The highest BCUT2D eigenvalue weighted by Crippen LogP contribution is 2.34. The van der Waals surface area contributed by atoms with E-state index < -0.39 is 0 Å². The van der Waals surface area contributed by atoms with Crippen molar-refractivity contribution in [3.05, 3.63) is 57.2 Å². The molecule has 3 aromatic heterocycles. The molecule has 1 aliphatic rings. The topological polar surface area (TPSA) is 47.8 Å². The molecule has 1 aliphatic carbocycles. The number of pyridine rings is 1. The minimum atomic E-state index is 0.0891. The van der Waals surface area contributed by atoms with Crippen molar-refractivity contribution in [3.8, 4) is 0 Å². The predicted molar refractivity (Wildman–Crippen MR) is 79.2 cm³/mol. The smallest absolute Gasteiger partial charge is 0.262 e. The first-order valence-electron chi connectivity index (χ1n) is 6.71. The van der Waals surface area contributed by atoms with Gasteiger partial charge in [-0.3, -0.25) is 14.3 Å². The minimum absolute atomic E-state index is 0.0891. The Morgan fingerprint density at radius 3 is 2.95 bits per heavy atom. The van der Waals surface area contributed by atoms with Crippen LogP contribution in [0.4, 0.5) is 0 Å². The standard InChI is InChI=1S/C15H13N3OS/c19-15-13-11-2-1-3-12(11)20-14(13)17-9-18(15)8-10-4-6-16-7-5-10/h4-7,9H,1-3,8H2. The highest BCUT2D eigenvalue weighted by atomic mass is 32.1. The second-order valence-electron chi connectivity index (χ2n) is 5.07. The highest BCUT2D eigenvalue weighted by Gasteiger charge is 2.21. The third-order valence-corrected chi connectivity index (χ3v) is 4.99. The first kappa shape index (κ1) is 11.8. The van der Waals surface area contributed by atoms with E-state index in [0.29, 0.717) is 6.54 Å². The van der Waals surface area contributed by atoms with Gasteiger partial charge in [0.15, 0.2) is 0 Å². The number of aromatic nitrogens is 3. The summed E-state index contributed by atoms with van der Waals surface area (Å²) in [5.74, 6) is 0. The summed E-state index contributed by atoms with van der Waals surface area (Å²) in [6.45, 7) is 0.551. The molecule has 3 heterocycles. The molecule has 0 fully saturated rings. The Labute approximate surface area is 119 Å². The zero-order valence-corrected chi connectivity index (χ0v) is 11.7. The van der Waals surface area contributed by atoms with Gasteiger partial charge < -0.3 is 0 Å². The molecule has 0 aromatic carbocycles. The molecule has 0 aliphatic heterocycles. The van der Waals surface area contributed by atoms with Gasteiger partial charge in [-0.15, -0.1) is 11.3 Å². The fourth-order valence-electron chi connectivity index (χ4n) is 2.82. The number of fused-ring (bicyclic) bond motifs is 3. The van der Waals surface area contributed by atoms with Crippen LogP contribution in [-0.2, 0) is 19.4 Å². The molecule has 100 valence electrons. The monoisotopic (exact) mass is 283 g/mol. The largest absolute Gasteiger partial charge is 0.294 e. The SMILES string of the molecule is O=c1c2c3c(sc2ncn1Cc1ccncc1)CCC3. The second kappa shape index (κ2) is 4.52. The second-order valence-corrected chi connectivity index (χ2v) is 6.15. The van der Waals surface area contributed by atoms with Crippen molar-refractivity contribution in [2.24, 2.45) is 0 Å². The van der Waals surface area contributed by atoms with Crippen LogP contribution in [0, 0.1) is 0 Å². The van der Waals surface area contributed by atoms with Crippen molar-refractivity contribution in [1.29, 1.82) is 0 Å². The maximum Gasteiger partial charge on any atom is 0.262 e. The van der Waals surface area contributed by atoms with Crippen molar-refractivity contribution in [1.82, 2.24) is 14.5 Å². The summed E-state index contributed by atoms with van der Waals surface area (Å²) in [5.41, 5.74) is 2.40. The minimum Gasteiger partial charge on any atom is -0.294 e. The van der Waals surface area contributed by atoms with E-state index in [4.69, 9.17) is 0 Å². The molecule has 0 unspecified atom stereocenters. The maximum atomic E-state index is 12.7. The van der Waals surface area contributed by atoms with Gasteiger partial charge in [-0.2, -0.15) is 0 Å². The van der Waals surface area contributed by atoms with Crippen LogP contribution in [-0.4, -0.2) is 14.5 Å². The van der Waals surface area contributed by atoms with E-state index in [9.17, 15) is 4.79 Å². The van der Waals surface area contributed by atoms with Gasteiger partial charge in [-0.25, -0.2) is 4.98 Å². The lowest BCUT2D eigenvalue weighted by atomic mass is 10.2. The summed E-state index contributed by atoms with van der Waals surface area (Å²) >= 11 is 1.68. The number of hydrogen-bond acceptors (Lipinski definition) is 4. The Morgan fingerprint density at radius 2 is 2.10 bits per heavy atom. The summed E-state index contributed by atoms with van der Waals surface area (Å²) in [6.07, 6.45) is 8.43. The first-order valence-corrected chi connectivity index (χ1v) is 7.53. The molecule has 0 saturated carbocycles. The Kier molecular flexibility index (Phi) is 2.67. The molecular weight excluding hydrogens is 270 g/mol. The van der Waals surface area contributed by atoms with Crippen LogP contribution >= 0.6 is 11.3 Å². The molecule has 20 heavy (non-hydrogen) atoms. The summed E-state index contributed by atoms with van der Waals surface area (Å²) in [6, 6.07) is 3.85. The van der Waals surface area contributed by atoms with Crippen LogP contribution in [0.15, 0.2) is 35.6 Å². The van der Waals surface area contributed by atoms with E-state index in [1.54, 1.807) is 34.6 Å². The van der Waals surface area contributed by atoms with Gasteiger partial charge in [-0.05, 0) is 42.5 Å². The summed E-state index contributed by atoms with van der Waals surface area (Å²) in [7, 11) is 0. The molecule has 5 heteroatoms. The van der Waals surface area contributed by atoms with Crippen LogP contribution in [0.1, 0.15) is 22.4 Å². The van der Waals surface area contributed by atoms with Crippen LogP contribution < -0.4 is 5.56 Å². The third kappa shape index (κ3) is 1.78.